The quantitative estimate of drug-likeness (QED) is 0.917. The molecule has 1 saturated carbocycles. The van der Waals surface area contributed by atoms with Gasteiger partial charge in [0.25, 0.3) is 0 Å². The molecule has 1 aromatic heterocycles. The number of hydrogen-bond donors (Lipinski definition) is 1. The third-order valence-corrected chi connectivity index (χ3v) is 4.61. The summed E-state index contributed by atoms with van der Waals surface area (Å²) in [6.07, 6.45) is 6.64. The second kappa shape index (κ2) is 5.78. The number of rotatable bonds is 5. The van der Waals surface area contributed by atoms with Gasteiger partial charge in [-0.2, -0.15) is 0 Å². The van der Waals surface area contributed by atoms with Crippen molar-refractivity contribution < 1.29 is 4.42 Å². The molecule has 1 atom stereocenters. The Morgan fingerprint density at radius 3 is 2.86 bits per heavy atom. The number of benzene rings is 1. The van der Waals surface area contributed by atoms with Gasteiger partial charge in [-0.3, -0.25) is 4.90 Å². The Morgan fingerprint density at radius 2 is 2.10 bits per heavy atom. The first-order valence-corrected chi connectivity index (χ1v) is 8.20. The van der Waals surface area contributed by atoms with Crippen molar-refractivity contribution >= 4 is 11.1 Å². The highest BCUT2D eigenvalue weighted by Crippen LogP contribution is 2.29. The van der Waals surface area contributed by atoms with Crippen LogP contribution in [0, 0.1) is 0 Å². The molecule has 2 aromatic rings. The summed E-state index contributed by atoms with van der Waals surface area (Å²) in [5.74, 6) is 0.860. The van der Waals surface area contributed by atoms with E-state index < -0.39 is 0 Å². The van der Waals surface area contributed by atoms with Gasteiger partial charge in [-0.05, 0) is 44.4 Å². The fraction of sp³-hybridized carbons (Fsp3) is 0.588. The van der Waals surface area contributed by atoms with Crippen LogP contribution in [0.5, 0.6) is 0 Å². The van der Waals surface area contributed by atoms with E-state index in [1.807, 2.05) is 24.3 Å². The van der Waals surface area contributed by atoms with Crippen LogP contribution in [0.25, 0.3) is 11.1 Å². The number of para-hydroxylation sites is 2. The maximum atomic E-state index is 5.89. The summed E-state index contributed by atoms with van der Waals surface area (Å²) in [6, 6.07) is 9.41. The normalized spacial score (nSPS) is 23.0. The largest absolute Gasteiger partial charge is 0.439 e. The van der Waals surface area contributed by atoms with Crippen LogP contribution < -0.4 is 5.32 Å². The molecular formula is C17H23N3O. The highest BCUT2D eigenvalue weighted by molar-refractivity contribution is 5.72. The second-order valence-electron chi connectivity index (χ2n) is 6.38. The molecule has 4 nitrogen and oxygen atoms in total. The smallest absolute Gasteiger partial charge is 0.209 e. The minimum atomic E-state index is 0.642. The number of fused-ring (bicyclic) bond motifs is 1. The summed E-state index contributed by atoms with van der Waals surface area (Å²) in [6.45, 7) is 3.15. The van der Waals surface area contributed by atoms with Gasteiger partial charge in [0.15, 0.2) is 5.58 Å². The number of aromatic nitrogens is 1. The summed E-state index contributed by atoms with van der Waals surface area (Å²) in [4.78, 5) is 7.19. The van der Waals surface area contributed by atoms with E-state index in [1.165, 1.54) is 38.6 Å². The van der Waals surface area contributed by atoms with Gasteiger partial charge in [0.2, 0.25) is 5.89 Å². The molecule has 112 valence electrons. The summed E-state index contributed by atoms with van der Waals surface area (Å²) >= 11 is 0. The molecule has 1 unspecified atom stereocenters. The summed E-state index contributed by atoms with van der Waals surface area (Å²) in [5, 5.41) is 3.65. The van der Waals surface area contributed by atoms with Crippen LogP contribution in [-0.2, 0) is 6.54 Å². The van der Waals surface area contributed by atoms with Crippen LogP contribution in [0.15, 0.2) is 28.7 Å². The number of oxazole rings is 1. The van der Waals surface area contributed by atoms with Gasteiger partial charge in [-0.1, -0.05) is 18.6 Å². The minimum absolute atomic E-state index is 0.642. The van der Waals surface area contributed by atoms with E-state index in [1.54, 1.807) is 0 Å². The van der Waals surface area contributed by atoms with Crippen molar-refractivity contribution in [3.8, 4) is 0 Å². The van der Waals surface area contributed by atoms with E-state index in [0.717, 1.165) is 36.1 Å². The summed E-state index contributed by atoms with van der Waals surface area (Å²) in [7, 11) is 0. The van der Waals surface area contributed by atoms with E-state index in [0.29, 0.717) is 6.04 Å². The maximum Gasteiger partial charge on any atom is 0.209 e. The third kappa shape index (κ3) is 3.11. The topological polar surface area (TPSA) is 41.3 Å². The van der Waals surface area contributed by atoms with Crippen molar-refractivity contribution in [2.75, 3.05) is 13.1 Å². The van der Waals surface area contributed by atoms with Crippen LogP contribution in [0.2, 0.25) is 0 Å². The first kappa shape index (κ1) is 13.3. The van der Waals surface area contributed by atoms with Gasteiger partial charge in [-0.25, -0.2) is 4.98 Å². The fourth-order valence-corrected chi connectivity index (χ4v) is 3.31. The number of hydrogen-bond acceptors (Lipinski definition) is 4. The molecule has 1 N–H and O–H groups in total. The number of piperidine rings is 1. The number of nitrogens with zero attached hydrogens (tertiary/aromatic N) is 2. The van der Waals surface area contributed by atoms with Gasteiger partial charge >= 0.3 is 0 Å². The van der Waals surface area contributed by atoms with Crippen molar-refractivity contribution in [3.63, 3.8) is 0 Å². The molecule has 0 amide bonds. The zero-order valence-corrected chi connectivity index (χ0v) is 12.4. The predicted octanol–water partition coefficient (Wildman–Crippen LogP) is 2.93. The molecule has 1 aromatic carbocycles. The molecule has 0 bridgehead atoms. The molecule has 2 heterocycles. The van der Waals surface area contributed by atoms with Gasteiger partial charge in [0.1, 0.15) is 5.52 Å². The molecule has 2 aliphatic rings. The van der Waals surface area contributed by atoms with Crippen LogP contribution in [0.3, 0.4) is 0 Å². The lowest BCUT2D eigenvalue weighted by molar-refractivity contribution is 0.193. The molecule has 1 aliphatic heterocycles. The van der Waals surface area contributed by atoms with Crippen LogP contribution in [0.1, 0.15) is 38.0 Å². The summed E-state index contributed by atoms with van der Waals surface area (Å²) < 4.78 is 5.89. The molecule has 1 aliphatic carbocycles. The molecule has 21 heavy (non-hydrogen) atoms. The molecule has 4 heteroatoms. The zero-order valence-electron chi connectivity index (χ0n) is 12.4. The van der Waals surface area contributed by atoms with Crippen molar-refractivity contribution in [2.24, 2.45) is 0 Å². The molecular weight excluding hydrogens is 262 g/mol. The maximum absolute atomic E-state index is 5.89. The van der Waals surface area contributed by atoms with Gasteiger partial charge < -0.3 is 9.73 Å². The molecule has 2 fully saturated rings. The predicted molar refractivity (Wildman–Crippen MR) is 83.1 cm³/mol. The third-order valence-electron chi connectivity index (χ3n) is 4.61. The lowest BCUT2D eigenvalue weighted by Gasteiger charge is -2.29. The lowest BCUT2D eigenvalue weighted by atomic mass is 10.0. The highest BCUT2D eigenvalue weighted by Gasteiger charge is 2.31. The minimum Gasteiger partial charge on any atom is -0.439 e. The van der Waals surface area contributed by atoms with Gasteiger partial charge in [0.05, 0.1) is 6.54 Å². The standard InChI is InChI=1S/C17H23N3O/c1-2-7-16-15(6-1)19-17(21-16)12-20(14-8-9-14)11-13-5-3-4-10-18-13/h1-2,6-7,13-14,18H,3-5,8-12H2. The van der Waals surface area contributed by atoms with Gasteiger partial charge in [0, 0.05) is 18.6 Å². The Morgan fingerprint density at radius 1 is 1.19 bits per heavy atom. The van der Waals surface area contributed by atoms with E-state index in [4.69, 9.17) is 4.42 Å². The Labute approximate surface area is 125 Å². The van der Waals surface area contributed by atoms with E-state index in [2.05, 4.69) is 15.2 Å². The Hall–Kier alpha value is -1.39. The number of nitrogens with one attached hydrogen (secondary N) is 1. The van der Waals surface area contributed by atoms with E-state index in [9.17, 15) is 0 Å². The van der Waals surface area contributed by atoms with Crippen LogP contribution in [-0.4, -0.2) is 35.1 Å². The first-order valence-electron chi connectivity index (χ1n) is 8.20. The average molecular weight is 285 g/mol. The molecule has 1 saturated heterocycles. The van der Waals surface area contributed by atoms with E-state index in [-0.39, 0.29) is 0 Å². The van der Waals surface area contributed by atoms with E-state index >= 15 is 0 Å². The molecule has 0 spiro atoms. The van der Waals surface area contributed by atoms with Crippen molar-refractivity contribution in [2.45, 2.75) is 50.7 Å². The highest BCUT2D eigenvalue weighted by atomic mass is 16.3. The monoisotopic (exact) mass is 285 g/mol. The first-order chi connectivity index (χ1) is 10.4. The lowest BCUT2D eigenvalue weighted by Crippen LogP contribution is -2.44. The van der Waals surface area contributed by atoms with Crippen molar-refractivity contribution in [1.82, 2.24) is 15.2 Å². The SMILES string of the molecule is c1ccc2oc(CN(CC3CCCCN3)C3CC3)nc2c1. The Balaban J connectivity index is 1.46. The van der Waals surface area contributed by atoms with Crippen LogP contribution in [0.4, 0.5) is 0 Å². The Kier molecular flexibility index (Phi) is 3.65. The molecule has 4 rings (SSSR count). The van der Waals surface area contributed by atoms with Crippen LogP contribution >= 0.6 is 0 Å². The van der Waals surface area contributed by atoms with Crippen molar-refractivity contribution in [3.05, 3.63) is 30.2 Å². The zero-order chi connectivity index (χ0) is 14.1. The Bertz CT molecular complexity index is 566. The van der Waals surface area contributed by atoms with Crippen molar-refractivity contribution in [1.29, 1.82) is 0 Å². The fourth-order valence-electron chi connectivity index (χ4n) is 3.31. The average Bonchev–Trinajstić information content (AvgIpc) is 3.28. The van der Waals surface area contributed by atoms with Gasteiger partial charge in [-0.15, -0.1) is 0 Å². The second-order valence-corrected chi connectivity index (χ2v) is 6.38. The molecule has 0 radical (unpaired) electrons. The summed E-state index contributed by atoms with van der Waals surface area (Å²) in [5.41, 5.74) is 1.87.